The number of rotatable bonds is 12. The molecule has 0 heterocycles. The van der Waals surface area contributed by atoms with Crippen molar-refractivity contribution in [2.75, 3.05) is 20.1 Å². The number of unbranched alkanes of at least 4 members (excludes halogenated alkanes) is 4. The Bertz CT molecular complexity index is 380. The fraction of sp³-hybridized carbons (Fsp3) is 0.900. The SMILES string of the molecule is CCCCCCCN(CC(=O)NC)C(=O)C(C)C(C)CC1CCC1. The summed E-state index contributed by atoms with van der Waals surface area (Å²) in [7, 11) is 1.63. The fourth-order valence-corrected chi connectivity index (χ4v) is 3.42. The standard InChI is InChI=1S/C20H38N2O2/c1-5-6-7-8-9-13-22(15-19(23)21-4)20(24)17(3)16(2)14-18-11-10-12-18/h16-18H,5-15H2,1-4H3,(H,21,23). The molecule has 0 aliphatic heterocycles. The molecule has 1 rings (SSSR count). The van der Waals surface area contributed by atoms with Crippen molar-refractivity contribution in [1.29, 1.82) is 0 Å². The van der Waals surface area contributed by atoms with Crippen LogP contribution >= 0.6 is 0 Å². The second-order valence-corrected chi connectivity index (χ2v) is 7.65. The summed E-state index contributed by atoms with van der Waals surface area (Å²) in [5.41, 5.74) is 0. The molecule has 0 bridgehead atoms. The highest BCUT2D eigenvalue weighted by Crippen LogP contribution is 2.34. The second-order valence-electron chi connectivity index (χ2n) is 7.65. The summed E-state index contributed by atoms with van der Waals surface area (Å²) in [4.78, 5) is 26.5. The Labute approximate surface area is 148 Å². The third-order valence-electron chi connectivity index (χ3n) is 5.63. The molecule has 1 aliphatic rings. The zero-order chi connectivity index (χ0) is 17.9. The van der Waals surface area contributed by atoms with E-state index in [4.69, 9.17) is 0 Å². The summed E-state index contributed by atoms with van der Waals surface area (Å²) in [5.74, 6) is 1.30. The van der Waals surface area contributed by atoms with E-state index in [-0.39, 0.29) is 24.3 Å². The molecule has 1 aliphatic carbocycles. The van der Waals surface area contributed by atoms with E-state index < -0.39 is 0 Å². The van der Waals surface area contributed by atoms with E-state index in [2.05, 4.69) is 19.2 Å². The van der Waals surface area contributed by atoms with Gasteiger partial charge in [0.25, 0.3) is 0 Å². The van der Waals surface area contributed by atoms with Gasteiger partial charge in [0.05, 0.1) is 6.54 Å². The van der Waals surface area contributed by atoms with E-state index in [1.807, 2.05) is 6.92 Å². The Morgan fingerprint density at radius 1 is 1.12 bits per heavy atom. The monoisotopic (exact) mass is 338 g/mol. The van der Waals surface area contributed by atoms with Crippen LogP contribution in [0.4, 0.5) is 0 Å². The van der Waals surface area contributed by atoms with Gasteiger partial charge in [0.2, 0.25) is 11.8 Å². The lowest BCUT2D eigenvalue weighted by atomic mass is 9.76. The van der Waals surface area contributed by atoms with Crippen LogP contribution in [0.1, 0.15) is 78.6 Å². The van der Waals surface area contributed by atoms with Crippen molar-refractivity contribution in [3.8, 4) is 0 Å². The van der Waals surface area contributed by atoms with E-state index in [9.17, 15) is 9.59 Å². The molecular formula is C20H38N2O2. The van der Waals surface area contributed by atoms with Gasteiger partial charge in [0.15, 0.2) is 0 Å². The molecule has 140 valence electrons. The van der Waals surface area contributed by atoms with Crippen LogP contribution in [0, 0.1) is 17.8 Å². The predicted molar refractivity (Wildman–Crippen MR) is 99.7 cm³/mol. The molecule has 0 aromatic rings. The molecule has 0 saturated heterocycles. The minimum Gasteiger partial charge on any atom is -0.358 e. The number of hydrogen-bond donors (Lipinski definition) is 1. The number of nitrogens with one attached hydrogen (secondary N) is 1. The molecule has 1 N–H and O–H groups in total. The largest absolute Gasteiger partial charge is 0.358 e. The molecule has 1 saturated carbocycles. The molecule has 2 unspecified atom stereocenters. The zero-order valence-electron chi connectivity index (χ0n) is 16.3. The van der Waals surface area contributed by atoms with E-state index in [0.717, 1.165) is 25.2 Å². The molecule has 4 nitrogen and oxygen atoms in total. The third kappa shape index (κ3) is 7.23. The van der Waals surface area contributed by atoms with Gasteiger partial charge in [-0.25, -0.2) is 0 Å². The molecule has 0 aromatic heterocycles. The number of nitrogens with zero attached hydrogens (tertiary/aromatic N) is 1. The third-order valence-corrected chi connectivity index (χ3v) is 5.63. The molecule has 4 heteroatoms. The van der Waals surface area contributed by atoms with Crippen molar-refractivity contribution >= 4 is 11.8 Å². The Morgan fingerprint density at radius 2 is 1.79 bits per heavy atom. The van der Waals surface area contributed by atoms with Gasteiger partial charge in [0, 0.05) is 19.5 Å². The fourth-order valence-electron chi connectivity index (χ4n) is 3.42. The highest BCUT2D eigenvalue weighted by atomic mass is 16.2. The van der Waals surface area contributed by atoms with Gasteiger partial charge in [-0.3, -0.25) is 9.59 Å². The molecule has 2 atom stereocenters. The van der Waals surface area contributed by atoms with Gasteiger partial charge in [-0.2, -0.15) is 0 Å². The number of hydrogen-bond acceptors (Lipinski definition) is 2. The van der Waals surface area contributed by atoms with E-state index >= 15 is 0 Å². The number of amides is 2. The van der Waals surface area contributed by atoms with Gasteiger partial charge in [-0.1, -0.05) is 65.7 Å². The van der Waals surface area contributed by atoms with Crippen molar-refractivity contribution in [2.45, 2.75) is 78.6 Å². The van der Waals surface area contributed by atoms with Crippen molar-refractivity contribution in [1.82, 2.24) is 10.2 Å². The van der Waals surface area contributed by atoms with Crippen LogP contribution in [0.2, 0.25) is 0 Å². The minimum absolute atomic E-state index is 0.00546. The Kier molecular flexibility index (Phi) is 10.0. The van der Waals surface area contributed by atoms with Crippen LogP contribution in [0.5, 0.6) is 0 Å². The number of likely N-dealkylation sites (N-methyl/N-ethyl adjacent to an activating group) is 1. The molecule has 0 radical (unpaired) electrons. The first-order chi connectivity index (χ1) is 11.5. The van der Waals surface area contributed by atoms with Crippen LogP contribution in [0.25, 0.3) is 0 Å². The summed E-state index contributed by atoms with van der Waals surface area (Å²) in [6.07, 6.45) is 11.0. The van der Waals surface area contributed by atoms with Gasteiger partial charge >= 0.3 is 0 Å². The molecule has 24 heavy (non-hydrogen) atoms. The van der Waals surface area contributed by atoms with E-state index in [1.54, 1.807) is 11.9 Å². The summed E-state index contributed by atoms with van der Waals surface area (Å²) < 4.78 is 0. The van der Waals surface area contributed by atoms with Crippen LogP contribution < -0.4 is 5.32 Å². The molecule has 1 fully saturated rings. The van der Waals surface area contributed by atoms with Crippen LogP contribution in [0.15, 0.2) is 0 Å². The van der Waals surface area contributed by atoms with Crippen molar-refractivity contribution < 1.29 is 9.59 Å². The van der Waals surface area contributed by atoms with Crippen molar-refractivity contribution in [2.24, 2.45) is 17.8 Å². The predicted octanol–water partition coefficient (Wildman–Crippen LogP) is 3.99. The molecule has 2 amide bonds. The Morgan fingerprint density at radius 3 is 2.33 bits per heavy atom. The normalized spacial score (nSPS) is 17.0. The Hall–Kier alpha value is -1.06. The molecule has 0 aromatic carbocycles. The summed E-state index contributed by atoms with van der Waals surface area (Å²) in [6, 6.07) is 0. The zero-order valence-corrected chi connectivity index (χ0v) is 16.3. The van der Waals surface area contributed by atoms with Crippen molar-refractivity contribution in [3.63, 3.8) is 0 Å². The number of carbonyl (C=O) groups excluding carboxylic acids is 2. The summed E-state index contributed by atoms with van der Waals surface area (Å²) in [5, 5.41) is 2.65. The van der Waals surface area contributed by atoms with Crippen LogP contribution in [-0.2, 0) is 9.59 Å². The van der Waals surface area contributed by atoms with E-state index in [0.29, 0.717) is 12.5 Å². The van der Waals surface area contributed by atoms with Gasteiger partial charge in [-0.05, 0) is 24.7 Å². The first kappa shape index (κ1) is 21.0. The average molecular weight is 339 g/mol. The minimum atomic E-state index is -0.0734. The highest BCUT2D eigenvalue weighted by molar-refractivity contribution is 5.85. The summed E-state index contributed by atoms with van der Waals surface area (Å²) in [6.45, 7) is 7.34. The first-order valence-electron chi connectivity index (χ1n) is 9.98. The average Bonchev–Trinajstić information content (AvgIpc) is 2.54. The van der Waals surface area contributed by atoms with Gasteiger partial charge < -0.3 is 10.2 Å². The Balaban J connectivity index is 2.51. The quantitative estimate of drug-likeness (QED) is 0.547. The maximum atomic E-state index is 12.9. The first-order valence-corrected chi connectivity index (χ1v) is 9.98. The lowest BCUT2D eigenvalue weighted by Crippen LogP contribution is -2.44. The van der Waals surface area contributed by atoms with Crippen LogP contribution in [0.3, 0.4) is 0 Å². The maximum absolute atomic E-state index is 12.9. The van der Waals surface area contributed by atoms with Crippen LogP contribution in [-0.4, -0.2) is 36.9 Å². The number of carbonyl (C=O) groups is 2. The topological polar surface area (TPSA) is 49.4 Å². The lowest BCUT2D eigenvalue weighted by Gasteiger charge is -2.32. The highest BCUT2D eigenvalue weighted by Gasteiger charge is 2.29. The van der Waals surface area contributed by atoms with Crippen molar-refractivity contribution in [3.05, 3.63) is 0 Å². The second kappa shape index (κ2) is 11.5. The van der Waals surface area contributed by atoms with E-state index in [1.165, 1.54) is 38.5 Å². The van der Waals surface area contributed by atoms with Gasteiger partial charge in [0.1, 0.15) is 0 Å². The maximum Gasteiger partial charge on any atom is 0.239 e. The lowest BCUT2D eigenvalue weighted by molar-refractivity contribution is -0.140. The van der Waals surface area contributed by atoms with Gasteiger partial charge in [-0.15, -0.1) is 0 Å². The smallest absolute Gasteiger partial charge is 0.239 e. The summed E-state index contributed by atoms with van der Waals surface area (Å²) >= 11 is 0. The molecule has 0 spiro atoms. The molecular weight excluding hydrogens is 300 g/mol.